The summed E-state index contributed by atoms with van der Waals surface area (Å²) in [6.45, 7) is 7.48. The van der Waals surface area contributed by atoms with Gasteiger partial charge < -0.3 is 5.32 Å². The summed E-state index contributed by atoms with van der Waals surface area (Å²) < 4.78 is 0. The maximum absolute atomic E-state index is 13.2. The summed E-state index contributed by atoms with van der Waals surface area (Å²) in [6, 6.07) is 14.6. The second kappa shape index (κ2) is 8.60. The van der Waals surface area contributed by atoms with Crippen LogP contribution in [-0.2, 0) is 9.59 Å². The fraction of sp³-hybridized carbons (Fsp3) is 0.304. The lowest BCUT2D eigenvalue weighted by atomic mass is 9.84. The quantitative estimate of drug-likeness (QED) is 0.723. The molecule has 6 nitrogen and oxygen atoms in total. The molecule has 2 aliphatic rings. The molecule has 0 saturated carbocycles. The molecule has 7 heteroatoms. The largest absolute Gasteiger partial charge is 0.326 e. The van der Waals surface area contributed by atoms with Gasteiger partial charge in [-0.1, -0.05) is 41.9 Å². The van der Waals surface area contributed by atoms with Crippen LogP contribution in [0.5, 0.6) is 0 Å². The van der Waals surface area contributed by atoms with Gasteiger partial charge in [0.1, 0.15) is 0 Å². The summed E-state index contributed by atoms with van der Waals surface area (Å²) in [5, 5.41) is 5.16. The molecule has 0 spiro atoms. The van der Waals surface area contributed by atoms with Crippen molar-refractivity contribution in [2.75, 3.05) is 30.0 Å². The minimum absolute atomic E-state index is 0.0175. The summed E-state index contributed by atoms with van der Waals surface area (Å²) in [4.78, 5) is 28.5. The average Bonchev–Trinajstić information content (AvgIpc) is 3.08. The van der Waals surface area contributed by atoms with Crippen molar-refractivity contribution in [1.82, 2.24) is 10.3 Å². The van der Waals surface area contributed by atoms with Gasteiger partial charge in [-0.2, -0.15) is 0 Å². The van der Waals surface area contributed by atoms with Crippen molar-refractivity contribution < 1.29 is 9.59 Å². The van der Waals surface area contributed by atoms with E-state index in [0.29, 0.717) is 30.3 Å². The number of carbonyl (C=O) groups excluding carboxylic acids is 2. The Bertz CT molecular complexity index is 965. The monoisotopic (exact) mass is 424 g/mol. The first kappa shape index (κ1) is 20.6. The first-order valence-electron chi connectivity index (χ1n) is 10.0. The third kappa shape index (κ3) is 3.99. The SMILES string of the molecule is C=CCN1CC(C(=O)Nc2ccc(C)c(Cl)c2)C2NN(c3ccccc3)C(=O)C2C1. The highest BCUT2D eigenvalue weighted by Crippen LogP contribution is 2.32. The summed E-state index contributed by atoms with van der Waals surface area (Å²) in [5.41, 5.74) is 5.68. The Morgan fingerprint density at radius 2 is 2.03 bits per heavy atom. The van der Waals surface area contributed by atoms with Crippen molar-refractivity contribution in [1.29, 1.82) is 0 Å². The number of hydrogen-bond donors (Lipinski definition) is 2. The number of para-hydroxylation sites is 1. The lowest BCUT2D eigenvalue weighted by Gasteiger charge is -2.37. The smallest absolute Gasteiger partial charge is 0.247 e. The molecule has 2 aromatic rings. The van der Waals surface area contributed by atoms with Crippen LogP contribution in [0.15, 0.2) is 61.2 Å². The average molecular weight is 425 g/mol. The summed E-state index contributed by atoms with van der Waals surface area (Å²) in [5.74, 6) is -0.859. The zero-order valence-corrected chi connectivity index (χ0v) is 17.6. The minimum atomic E-state index is -0.401. The van der Waals surface area contributed by atoms with E-state index < -0.39 is 5.92 Å². The van der Waals surface area contributed by atoms with Gasteiger partial charge in [-0.15, -0.1) is 6.58 Å². The molecule has 0 bridgehead atoms. The normalized spacial score (nSPS) is 23.9. The standard InChI is InChI=1S/C23H25ClN4O2/c1-3-11-27-13-18(22(29)25-16-10-9-15(2)20(24)12-16)21-19(14-27)23(30)28(26-21)17-7-5-4-6-8-17/h3-10,12,18-19,21,26H,1,11,13-14H2,2H3,(H,25,29). The zero-order valence-electron chi connectivity index (χ0n) is 16.8. The number of hydrazine groups is 1. The Hall–Kier alpha value is -2.67. The molecule has 0 radical (unpaired) electrons. The van der Waals surface area contributed by atoms with Gasteiger partial charge >= 0.3 is 0 Å². The summed E-state index contributed by atoms with van der Waals surface area (Å²) >= 11 is 6.21. The molecule has 3 atom stereocenters. The van der Waals surface area contributed by atoms with Gasteiger partial charge in [0, 0.05) is 30.3 Å². The Morgan fingerprint density at radius 1 is 1.27 bits per heavy atom. The predicted octanol–water partition coefficient (Wildman–Crippen LogP) is 3.24. The van der Waals surface area contributed by atoms with Crippen molar-refractivity contribution in [2.45, 2.75) is 13.0 Å². The van der Waals surface area contributed by atoms with Crippen LogP contribution in [0, 0.1) is 18.8 Å². The molecule has 3 unspecified atom stereocenters. The molecule has 2 saturated heterocycles. The highest BCUT2D eigenvalue weighted by Gasteiger charge is 2.50. The van der Waals surface area contributed by atoms with E-state index in [9.17, 15) is 9.59 Å². The highest BCUT2D eigenvalue weighted by molar-refractivity contribution is 6.31. The van der Waals surface area contributed by atoms with Gasteiger partial charge in [0.05, 0.1) is 23.6 Å². The number of aryl methyl sites for hydroxylation is 1. The Morgan fingerprint density at radius 3 is 2.73 bits per heavy atom. The van der Waals surface area contributed by atoms with Crippen LogP contribution in [0.2, 0.25) is 5.02 Å². The number of nitrogens with zero attached hydrogens (tertiary/aromatic N) is 2. The van der Waals surface area contributed by atoms with Crippen LogP contribution < -0.4 is 15.8 Å². The van der Waals surface area contributed by atoms with Gasteiger partial charge in [-0.3, -0.25) is 14.5 Å². The predicted molar refractivity (Wildman–Crippen MR) is 119 cm³/mol. The molecule has 2 heterocycles. The number of rotatable bonds is 5. The van der Waals surface area contributed by atoms with E-state index >= 15 is 0 Å². The number of anilines is 2. The molecule has 156 valence electrons. The van der Waals surface area contributed by atoms with Gasteiger partial charge in [0.2, 0.25) is 11.8 Å². The van der Waals surface area contributed by atoms with E-state index in [-0.39, 0.29) is 23.8 Å². The molecule has 4 rings (SSSR count). The Labute approximate surface area is 181 Å². The zero-order chi connectivity index (χ0) is 21.3. The van der Waals surface area contributed by atoms with Gasteiger partial charge in [0.25, 0.3) is 0 Å². The summed E-state index contributed by atoms with van der Waals surface area (Å²) in [7, 11) is 0. The number of likely N-dealkylation sites (tertiary alicyclic amines) is 1. The lowest BCUT2D eigenvalue weighted by molar-refractivity contribution is -0.125. The molecule has 0 aliphatic carbocycles. The first-order valence-corrected chi connectivity index (χ1v) is 10.4. The third-order valence-corrected chi connectivity index (χ3v) is 6.18. The molecule has 30 heavy (non-hydrogen) atoms. The van der Waals surface area contributed by atoms with Crippen molar-refractivity contribution in [3.63, 3.8) is 0 Å². The number of fused-ring (bicyclic) bond motifs is 1. The second-order valence-electron chi connectivity index (χ2n) is 7.84. The van der Waals surface area contributed by atoms with Crippen LogP contribution in [0.4, 0.5) is 11.4 Å². The number of benzene rings is 2. The van der Waals surface area contributed by atoms with Gasteiger partial charge in [-0.25, -0.2) is 10.4 Å². The van der Waals surface area contributed by atoms with Crippen molar-refractivity contribution in [2.24, 2.45) is 11.8 Å². The second-order valence-corrected chi connectivity index (χ2v) is 8.24. The topological polar surface area (TPSA) is 64.7 Å². The first-order chi connectivity index (χ1) is 14.5. The number of carbonyl (C=O) groups is 2. The maximum atomic E-state index is 13.2. The molecular formula is C23H25ClN4O2. The number of piperidine rings is 1. The molecule has 2 fully saturated rings. The Balaban J connectivity index is 1.58. The molecule has 2 amide bonds. The number of amides is 2. The van der Waals surface area contributed by atoms with Crippen LogP contribution in [0.1, 0.15) is 5.56 Å². The maximum Gasteiger partial charge on any atom is 0.247 e. The summed E-state index contributed by atoms with van der Waals surface area (Å²) in [6.07, 6.45) is 1.80. The molecular weight excluding hydrogens is 400 g/mol. The number of nitrogens with one attached hydrogen (secondary N) is 2. The van der Waals surface area contributed by atoms with Gasteiger partial charge in [-0.05, 0) is 36.8 Å². The van der Waals surface area contributed by atoms with Crippen LogP contribution in [0.3, 0.4) is 0 Å². The van der Waals surface area contributed by atoms with Crippen LogP contribution in [-0.4, -0.2) is 42.4 Å². The molecule has 2 aromatic carbocycles. The van der Waals surface area contributed by atoms with E-state index in [1.807, 2.05) is 49.4 Å². The molecule has 0 aromatic heterocycles. The van der Waals surface area contributed by atoms with Crippen LogP contribution >= 0.6 is 11.6 Å². The number of halogens is 1. The fourth-order valence-corrected chi connectivity index (χ4v) is 4.37. The minimum Gasteiger partial charge on any atom is -0.326 e. The molecule has 2 aliphatic heterocycles. The van der Waals surface area contributed by atoms with E-state index in [1.54, 1.807) is 17.2 Å². The van der Waals surface area contributed by atoms with E-state index in [1.165, 1.54) is 0 Å². The van der Waals surface area contributed by atoms with E-state index in [4.69, 9.17) is 11.6 Å². The van der Waals surface area contributed by atoms with Crippen LogP contribution in [0.25, 0.3) is 0 Å². The molecule has 2 N–H and O–H groups in total. The Kier molecular flexibility index (Phi) is 5.90. The van der Waals surface area contributed by atoms with E-state index in [2.05, 4.69) is 22.2 Å². The fourth-order valence-electron chi connectivity index (χ4n) is 4.19. The van der Waals surface area contributed by atoms with Gasteiger partial charge in [0.15, 0.2) is 0 Å². The third-order valence-electron chi connectivity index (χ3n) is 5.77. The van der Waals surface area contributed by atoms with E-state index in [0.717, 1.165) is 11.3 Å². The number of hydrogen-bond acceptors (Lipinski definition) is 4. The highest BCUT2D eigenvalue weighted by atomic mass is 35.5. The lowest BCUT2D eigenvalue weighted by Crippen LogP contribution is -2.56. The van der Waals surface area contributed by atoms with Crippen molar-refractivity contribution >= 4 is 34.8 Å². The van der Waals surface area contributed by atoms with Crippen molar-refractivity contribution in [3.8, 4) is 0 Å². The van der Waals surface area contributed by atoms with Crippen molar-refractivity contribution in [3.05, 3.63) is 71.8 Å².